The average Bonchev–Trinajstić information content (AvgIpc) is 3.02. The van der Waals surface area contributed by atoms with Crippen LogP contribution in [-0.2, 0) is 10.2 Å². The van der Waals surface area contributed by atoms with Gasteiger partial charge in [-0.1, -0.05) is 59.6 Å². The minimum absolute atomic E-state index is 0.0463. The van der Waals surface area contributed by atoms with Crippen LogP contribution in [0.3, 0.4) is 0 Å². The molecule has 1 N–H and O–H groups in total. The molecule has 0 bridgehead atoms. The molecular formula is C23H35N3O. The largest absolute Gasteiger partial charge is 0.310 e. The number of aryl methyl sites for hydroxylation is 1. The smallest absolute Gasteiger partial charge is 0.228 e. The lowest BCUT2D eigenvalue weighted by atomic mass is 9.92. The molecule has 0 radical (unpaired) electrons. The van der Waals surface area contributed by atoms with Crippen molar-refractivity contribution in [2.75, 3.05) is 5.32 Å². The Morgan fingerprint density at radius 3 is 2.52 bits per heavy atom. The highest BCUT2D eigenvalue weighted by Crippen LogP contribution is 2.29. The topological polar surface area (TPSA) is 46.9 Å². The first-order valence-electron chi connectivity index (χ1n) is 10.2. The summed E-state index contributed by atoms with van der Waals surface area (Å²) in [4.78, 5) is 12.9. The molecule has 0 spiro atoms. The molecule has 1 aromatic heterocycles. The Hall–Kier alpha value is -2.10. The van der Waals surface area contributed by atoms with Gasteiger partial charge >= 0.3 is 0 Å². The molecule has 1 heterocycles. The number of nitrogens with zero attached hydrogens (tertiary/aromatic N) is 2. The van der Waals surface area contributed by atoms with E-state index in [9.17, 15) is 4.79 Å². The number of anilines is 1. The number of carbonyl (C=O) groups is 1. The van der Waals surface area contributed by atoms with Crippen LogP contribution in [0.5, 0.6) is 0 Å². The zero-order valence-corrected chi connectivity index (χ0v) is 18.0. The predicted molar refractivity (Wildman–Crippen MR) is 114 cm³/mol. The highest BCUT2D eigenvalue weighted by atomic mass is 16.2. The minimum Gasteiger partial charge on any atom is -0.310 e. The molecule has 4 nitrogen and oxygen atoms in total. The molecule has 2 aromatic rings. The average molecular weight is 370 g/mol. The third-order valence-corrected chi connectivity index (χ3v) is 5.30. The Morgan fingerprint density at radius 1 is 1.22 bits per heavy atom. The van der Waals surface area contributed by atoms with E-state index in [2.05, 4.69) is 65.9 Å². The first kappa shape index (κ1) is 21.2. The number of benzene rings is 1. The summed E-state index contributed by atoms with van der Waals surface area (Å²) in [5.41, 5.74) is 4.29. The third kappa shape index (κ3) is 5.00. The van der Waals surface area contributed by atoms with E-state index in [-0.39, 0.29) is 17.2 Å². The summed E-state index contributed by atoms with van der Waals surface area (Å²) in [5.74, 6) is 0.899. The zero-order valence-electron chi connectivity index (χ0n) is 18.0. The fraction of sp³-hybridized carbons (Fsp3) is 0.565. The van der Waals surface area contributed by atoms with Crippen molar-refractivity contribution in [2.45, 2.75) is 79.6 Å². The van der Waals surface area contributed by atoms with E-state index in [0.29, 0.717) is 0 Å². The molecule has 1 unspecified atom stereocenters. The van der Waals surface area contributed by atoms with E-state index >= 15 is 0 Å². The number of aromatic nitrogens is 2. The van der Waals surface area contributed by atoms with Crippen LogP contribution in [0.4, 0.5) is 5.82 Å². The number of hydrogen-bond donors (Lipinski definition) is 1. The quantitative estimate of drug-likeness (QED) is 0.656. The maximum absolute atomic E-state index is 12.9. The van der Waals surface area contributed by atoms with Crippen molar-refractivity contribution in [3.8, 4) is 5.69 Å². The summed E-state index contributed by atoms with van der Waals surface area (Å²) in [7, 11) is 0. The summed E-state index contributed by atoms with van der Waals surface area (Å²) < 4.78 is 1.90. The molecule has 0 aliphatic carbocycles. The predicted octanol–water partition coefficient (Wildman–Crippen LogP) is 5.94. The van der Waals surface area contributed by atoms with Gasteiger partial charge in [-0.3, -0.25) is 4.79 Å². The molecule has 148 valence electrons. The Balaban J connectivity index is 2.44. The van der Waals surface area contributed by atoms with Crippen molar-refractivity contribution in [2.24, 2.45) is 5.92 Å². The molecule has 0 aliphatic heterocycles. The molecule has 4 heteroatoms. The van der Waals surface area contributed by atoms with Crippen molar-refractivity contribution >= 4 is 11.7 Å². The third-order valence-electron chi connectivity index (χ3n) is 5.30. The standard InChI is InChI=1S/C23H35N3O/c1-8-10-13-18(9-2)22(27)24-21-15-20(23(5,6)7)25-26(21)19-14-11-12-16(3)17(19)4/h11-12,14-15,18H,8-10,13H2,1-7H3,(H,24,27). The van der Waals surface area contributed by atoms with Crippen molar-refractivity contribution in [3.05, 3.63) is 41.1 Å². The molecular weight excluding hydrogens is 334 g/mol. The lowest BCUT2D eigenvalue weighted by Gasteiger charge is -2.16. The Labute approximate surface area is 164 Å². The maximum Gasteiger partial charge on any atom is 0.228 e. The van der Waals surface area contributed by atoms with Gasteiger partial charge < -0.3 is 5.32 Å². The van der Waals surface area contributed by atoms with Gasteiger partial charge in [-0.25, -0.2) is 4.68 Å². The summed E-state index contributed by atoms with van der Waals surface area (Å²) in [6.07, 6.45) is 3.98. The van der Waals surface area contributed by atoms with E-state index in [1.54, 1.807) is 0 Å². The summed E-state index contributed by atoms with van der Waals surface area (Å²) in [6.45, 7) is 14.9. The Morgan fingerprint density at radius 2 is 1.93 bits per heavy atom. The second kappa shape index (κ2) is 8.73. The van der Waals surface area contributed by atoms with E-state index in [4.69, 9.17) is 5.10 Å². The van der Waals surface area contributed by atoms with Gasteiger partial charge in [0.1, 0.15) is 5.82 Å². The Kier molecular flexibility index (Phi) is 6.85. The molecule has 1 aromatic carbocycles. The minimum atomic E-state index is -0.0885. The SMILES string of the molecule is CCCCC(CC)C(=O)Nc1cc(C(C)(C)C)nn1-c1cccc(C)c1C. The normalized spacial score (nSPS) is 12.9. The fourth-order valence-electron chi connectivity index (χ4n) is 3.18. The van der Waals surface area contributed by atoms with Gasteiger partial charge in [0.05, 0.1) is 11.4 Å². The van der Waals surface area contributed by atoms with Gasteiger partial charge in [-0.2, -0.15) is 5.10 Å². The number of hydrogen-bond acceptors (Lipinski definition) is 2. The van der Waals surface area contributed by atoms with Crippen LogP contribution in [0, 0.1) is 19.8 Å². The second-order valence-electron chi connectivity index (χ2n) is 8.53. The van der Waals surface area contributed by atoms with Crippen molar-refractivity contribution in [1.29, 1.82) is 0 Å². The van der Waals surface area contributed by atoms with Crippen LogP contribution in [0.1, 0.15) is 77.1 Å². The number of carbonyl (C=O) groups excluding carboxylic acids is 1. The van der Waals surface area contributed by atoms with Gasteiger partial charge in [0, 0.05) is 17.4 Å². The number of unbranched alkanes of at least 4 members (excludes halogenated alkanes) is 1. The first-order chi connectivity index (χ1) is 12.7. The van der Waals surface area contributed by atoms with Gasteiger partial charge in [0.25, 0.3) is 0 Å². The van der Waals surface area contributed by atoms with E-state index in [0.717, 1.165) is 42.9 Å². The molecule has 1 amide bonds. The second-order valence-corrected chi connectivity index (χ2v) is 8.53. The molecule has 0 fully saturated rings. The zero-order chi connectivity index (χ0) is 20.2. The molecule has 0 saturated heterocycles. The highest BCUT2D eigenvalue weighted by Gasteiger charge is 2.24. The van der Waals surface area contributed by atoms with Crippen LogP contribution in [0.2, 0.25) is 0 Å². The van der Waals surface area contributed by atoms with Crippen LogP contribution in [0.15, 0.2) is 24.3 Å². The lowest BCUT2D eigenvalue weighted by molar-refractivity contribution is -0.120. The molecule has 2 rings (SSSR count). The molecule has 27 heavy (non-hydrogen) atoms. The van der Waals surface area contributed by atoms with Gasteiger partial charge in [0.2, 0.25) is 5.91 Å². The molecule has 1 atom stereocenters. The van der Waals surface area contributed by atoms with E-state index < -0.39 is 0 Å². The lowest BCUT2D eigenvalue weighted by Crippen LogP contribution is -2.24. The van der Waals surface area contributed by atoms with Crippen molar-refractivity contribution in [1.82, 2.24) is 9.78 Å². The number of nitrogens with one attached hydrogen (secondary N) is 1. The monoisotopic (exact) mass is 369 g/mol. The van der Waals surface area contributed by atoms with Gasteiger partial charge in [-0.05, 0) is 43.9 Å². The van der Waals surface area contributed by atoms with E-state index in [1.807, 2.05) is 16.8 Å². The highest BCUT2D eigenvalue weighted by molar-refractivity contribution is 5.92. The number of rotatable bonds is 7. The fourth-order valence-corrected chi connectivity index (χ4v) is 3.18. The van der Waals surface area contributed by atoms with Crippen LogP contribution in [-0.4, -0.2) is 15.7 Å². The molecule has 0 aliphatic rings. The van der Waals surface area contributed by atoms with Crippen LogP contribution < -0.4 is 5.32 Å². The van der Waals surface area contributed by atoms with Crippen molar-refractivity contribution in [3.63, 3.8) is 0 Å². The van der Waals surface area contributed by atoms with Crippen molar-refractivity contribution < 1.29 is 4.79 Å². The maximum atomic E-state index is 12.9. The van der Waals surface area contributed by atoms with E-state index in [1.165, 1.54) is 11.1 Å². The van der Waals surface area contributed by atoms with Gasteiger partial charge in [-0.15, -0.1) is 0 Å². The first-order valence-corrected chi connectivity index (χ1v) is 10.2. The van der Waals surface area contributed by atoms with Crippen LogP contribution in [0.25, 0.3) is 5.69 Å². The van der Waals surface area contributed by atoms with Gasteiger partial charge in [0.15, 0.2) is 0 Å². The van der Waals surface area contributed by atoms with Crippen LogP contribution >= 0.6 is 0 Å². The summed E-state index contributed by atoms with van der Waals surface area (Å²) in [6, 6.07) is 8.22. The molecule has 0 saturated carbocycles. The summed E-state index contributed by atoms with van der Waals surface area (Å²) >= 11 is 0. The summed E-state index contributed by atoms with van der Waals surface area (Å²) in [5, 5.41) is 8.03. The number of amides is 1. The Bertz CT molecular complexity index is 783.